The molecule has 4 rings (SSSR count). The number of rotatable bonds is 14. The van der Waals surface area contributed by atoms with E-state index in [2.05, 4.69) is 52.0 Å². The lowest BCUT2D eigenvalue weighted by Crippen LogP contribution is -2.14. The Bertz CT molecular complexity index is 1750. The van der Waals surface area contributed by atoms with Crippen LogP contribution in [0.4, 0.5) is 10.0 Å². The molecule has 0 aliphatic rings. The second kappa shape index (κ2) is 20.4. The van der Waals surface area contributed by atoms with Crippen LogP contribution in [0.1, 0.15) is 54.4 Å². The van der Waals surface area contributed by atoms with Crippen LogP contribution in [0.5, 0.6) is 0 Å². The van der Waals surface area contributed by atoms with Gasteiger partial charge in [0, 0.05) is 20.9 Å². The zero-order chi connectivity index (χ0) is 36.8. The second-order valence-electron chi connectivity index (χ2n) is 10.0. The number of amides is 2. The summed E-state index contributed by atoms with van der Waals surface area (Å²) in [4.78, 5) is 73.3. The van der Waals surface area contributed by atoms with Crippen molar-refractivity contribution in [3.05, 3.63) is 103 Å². The lowest BCUT2D eigenvalue weighted by Gasteiger charge is -2.05. The Kier molecular flexibility index (Phi) is 16.8. The van der Waals surface area contributed by atoms with Crippen LogP contribution in [0.25, 0.3) is 0 Å². The highest BCUT2D eigenvalue weighted by Gasteiger charge is 2.23. The van der Waals surface area contributed by atoms with Crippen LogP contribution < -0.4 is 10.6 Å². The number of alkyl halides is 2. The molecule has 264 valence electrons. The van der Waals surface area contributed by atoms with E-state index in [1.54, 1.807) is 60.7 Å². The molecule has 0 unspecified atom stereocenters. The van der Waals surface area contributed by atoms with E-state index < -0.39 is 0 Å². The summed E-state index contributed by atoms with van der Waals surface area (Å²) in [7, 11) is 2.65. The zero-order valence-corrected chi connectivity index (χ0v) is 32.9. The van der Waals surface area contributed by atoms with E-state index in [0.717, 1.165) is 9.75 Å². The predicted molar refractivity (Wildman–Crippen MR) is 204 cm³/mol. The summed E-state index contributed by atoms with van der Waals surface area (Å²) in [6.07, 6.45) is 1.24. The van der Waals surface area contributed by atoms with Gasteiger partial charge in [-0.25, -0.2) is 0 Å². The molecule has 0 spiro atoms. The topological polar surface area (TPSA) is 145 Å². The van der Waals surface area contributed by atoms with Crippen molar-refractivity contribution in [3.8, 4) is 0 Å². The van der Waals surface area contributed by atoms with Gasteiger partial charge in [-0.1, -0.05) is 79.3 Å². The molecular formula is C34H30Br2Cl2N2O8S2. The van der Waals surface area contributed by atoms with E-state index in [-0.39, 0.29) is 58.8 Å². The number of carbonyl (C=O) groups is 6. The molecule has 2 N–H and O–H groups in total. The molecule has 0 saturated carbocycles. The average molecular weight is 889 g/mol. The van der Waals surface area contributed by atoms with Gasteiger partial charge < -0.3 is 20.1 Å². The van der Waals surface area contributed by atoms with Crippen LogP contribution in [0, 0.1) is 0 Å². The van der Waals surface area contributed by atoms with Crippen molar-refractivity contribution < 1.29 is 38.2 Å². The summed E-state index contributed by atoms with van der Waals surface area (Å²) in [5, 5.41) is 7.20. The summed E-state index contributed by atoms with van der Waals surface area (Å²) in [5.41, 5.74) is 1.42. The molecule has 4 aromatic rings. The number of thiophene rings is 2. The Balaban J connectivity index is 0.000000270. The largest absolute Gasteiger partial charge is 0.469 e. The van der Waals surface area contributed by atoms with Crippen LogP contribution in [0.2, 0.25) is 10.0 Å². The van der Waals surface area contributed by atoms with Gasteiger partial charge in [-0.2, -0.15) is 0 Å². The van der Waals surface area contributed by atoms with E-state index in [4.69, 9.17) is 23.2 Å². The normalized spacial score (nSPS) is 10.4. The molecule has 10 nitrogen and oxygen atoms in total. The number of ether oxygens (including phenoxy) is 2. The van der Waals surface area contributed by atoms with Crippen LogP contribution in [-0.4, -0.2) is 60.2 Å². The molecule has 0 fully saturated rings. The van der Waals surface area contributed by atoms with E-state index in [0.29, 0.717) is 55.1 Å². The molecule has 0 bridgehead atoms. The Morgan fingerprint density at radius 2 is 0.980 bits per heavy atom. The maximum atomic E-state index is 12.8. The Morgan fingerprint density at radius 1 is 0.620 bits per heavy atom. The fourth-order valence-electron chi connectivity index (χ4n) is 4.21. The fourth-order valence-corrected chi connectivity index (χ4v) is 7.07. The van der Waals surface area contributed by atoms with Gasteiger partial charge in [0.1, 0.15) is 10.0 Å². The van der Waals surface area contributed by atoms with Gasteiger partial charge >= 0.3 is 11.9 Å². The van der Waals surface area contributed by atoms with E-state index in [1.807, 2.05) is 0 Å². The number of hydrogen-bond acceptors (Lipinski definition) is 10. The minimum absolute atomic E-state index is 0.113. The number of hydrogen-bond donors (Lipinski definition) is 2. The molecule has 2 amide bonds. The maximum Gasteiger partial charge on any atom is 0.305 e. The number of anilines is 2. The van der Waals surface area contributed by atoms with Crippen molar-refractivity contribution >= 4 is 123 Å². The SMILES string of the molecule is COC(=O)CCc1cc(C(=O)c2ccccc2Cl)c(NC(=O)CBr)s1.COC(=O)CCc1cc(C(=O)c2ccccc2Cl)c(NC(=O)CBr)s1. The monoisotopic (exact) mass is 886 g/mol. The third-order valence-electron chi connectivity index (χ3n) is 6.65. The number of nitrogens with one attached hydrogen (secondary N) is 2. The molecule has 2 heterocycles. The predicted octanol–water partition coefficient (Wildman–Crippen LogP) is 8.14. The van der Waals surface area contributed by atoms with Gasteiger partial charge in [0.05, 0.1) is 58.9 Å². The summed E-state index contributed by atoms with van der Waals surface area (Å²) >= 11 is 20.9. The minimum atomic E-state index is -0.335. The van der Waals surface area contributed by atoms with Crippen molar-refractivity contribution in [2.45, 2.75) is 25.7 Å². The van der Waals surface area contributed by atoms with Crippen molar-refractivity contribution in [2.75, 3.05) is 35.5 Å². The fraction of sp³-hybridized carbons (Fsp3) is 0.235. The molecule has 0 aliphatic carbocycles. The van der Waals surface area contributed by atoms with Crippen molar-refractivity contribution in [1.82, 2.24) is 0 Å². The Labute approximate surface area is 323 Å². The van der Waals surface area contributed by atoms with Crippen molar-refractivity contribution in [2.24, 2.45) is 0 Å². The first-order valence-corrected chi connectivity index (χ1v) is 19.2. The first-order chi connectivity index (χ1) is 23.9. The molecule has 0 saturated heterocycles. The highest BCUT2D eigenvalue weighted by atomic mass is 79.9. The van der Waals surface area contributed by atoms with E-state index in [9.17, 15) is 28.8 Å². The first-order valence-electron chi connectivity index (χ1n) is 14.6. The summed E-state index contributed by atoms with van der Waals surface area (Å²) < 4.78 is 9.26. The molecular weight excluding hydrogens is 859 g/mol. The number of halogens is 4. The Morgan fingerprint density at radius 3 is 1.30 bits per heavy atom. The number of ketones is 2. The number of carbonyl (C=O) groups excluding carboxylic acids is 6. The zero-order valence-electron chi connectivity index (χ0n) is 26.6. The number of methoxy groups -OCH3 is 2. The van der Waals surface area contributed by atoms with Crippen LogP contribution in [0.15, 0.2) is 60.7 Å². The third-order valence-corrected chi connectivity index (χ3v) is 10.5. The van der Waals surface area contributed by atoms with Crippen molar-refractivity contribution in [1.29, 1.82) is 0 Å². The molecule has 50 heavy (non-hydrogen) atoms. The standard InChI is InChI=1S/2C17H15BrClNO4S/c2*1-24-15(22)7-6-10-8-12(17(25-10)20-14(21)9-18)16(23)11-4-2-3-5-13(11)19/h2*2-5,8H,6-7,9H2,1H3,(H,20,21). The van der Waals surface area contributed by atoms with Crippen LogP contribution in [-0.2, 0) is 41.5 Å². The molecule has 2 aromatic heterocycles. The maximum absolute atomic E-state index is 12.8. The number of benzene rings is 2. The summed E-state index contributed by atoms with van der Waals surface area (Å²) in [6, 6.07) is 16.8. The first kappa shape index (κ1) is 41.0. The minimum Gasteiger partial charge on any atom is -0.469 e. The van der Waals surface area contributed by atoms with Crippen LogP contribution >= 0.6 is 77.7 Å². The summed E-state index contributed by atoms with van der Waals surface area (Å²) in [6.45, 7) is 0. The van der Waals surface area contributed by atoms with Gasteiger partial charge in [-0.15, -0.1) is 22.7 Å². The lowest BCUT2D eigenvalue weighted by atomic mass is 10.0. The van der Waals surface area contributed by atoms with E-state index >= 15 is 0 Å². The quantitative estimate of drug-likeness (QED) is 0.0734. The molecule has 0 atom stereocenters. The highest BCUT2D eigenvalue weighted by molar-refractivity contribution is 9.09. The molecule has 16 heteroatoms. The van der Waals surface area contributed by atoms with E-state index in [1.165, 1.54) is 36.9 Å². The van der Waals surface area contributed by atoms with Gasteiger partial charge in [-0.3, -0.25) is 28.8 Å². The number of esters is 2. The van der Waals surface area contributed by atoms with Gasteiger partial charge in [0.15, 0.2) is 11.6 Å². The third kappa shape index (κ3) is 11.8. The van der Waals surface area contributed by atoms with Gasteiger partial charge in [-0.05, 0) is 49.2 Å². The van der Waals surface area contributed by atoms with Crippen LogP contribution in [0.3, 0.4) is 0 Å². The van der Waals surface area contributed by atoms with Crippen molar-refractivity contribution in [3.63, 3.8) is 0 Å². The lowest BCUT2D eigenvalue weighted by molar-refractivity contribution is -0.141. The smallest absolute Gasteiger partial charge is 0.305 e. The summed E-state index contributed by atoms with van der Waals surface area (Å²) in [5.74, 6) is -1.77. The second-order valence-corrected chi connectivity index (χ2v) is 14.3. The average Bonchev–Trinajstić information content (AvgIpc) is 3.72. The van der Waals surface area contributed by atoms with Gasteiger partial charge in [0.25, 0.3) is 0 Å². The highest BCUT2D eigenvalue weighted by Crippen LogP contribution is 2.34. The molecule has 2 aromatic carbocycles. The number of aryl methyl sites for hydroxylation is 2. The Hall–Kier alpha value is -3.40. The van der Waals surface area contributed by atoms with Gasteiger partial charge in [0.2, 0.25) is 11.8 Å². The molecule has 0 radical (unpaired) electrons. The molecule has 0 aliphatic heterocycles.